The van der Waals surface area contributed by atoms with Gasteiger partial charge in [-0.1, -0.05) is 31.8 Å². The first kappa shape index (κ1) is 10.7. The molecule has 0 amide bonds. The van der Waals surface area contributed by atoms with E-state index in [1.165, 1.54) is 5.56 Å². The Kier molecular flexibility index (Phi) is 3.59. The monoisotopic (exact) mass is 187 g/mol. The van der Waals surface area contributed by atoms with E-state index >= 15 is 0 Å². The molecule has 0 heterocycles. The van der Waals surface area contributed by atoms with Gasteiger partial charge in [-0.15, -0.1) is 0 Å². The SMILES string of the molecule is CNc1ccc(C)c(C#CC(C)C)c1. The van der Waals surface area contributed by atoms with Crippen molar-refractivity contribution in [2.45, 2.75) is 20.8 Å². The Hall–Kier alpha value is -1.42. The molecule has 0 spiro atoms. The van der Waals surface area contributed by atoms with Gasteiger partial charge in [0.15, 0.2) is 0 Å². The van der Waals surface area contributed by atoms with Gasteiger partial charge in [-0.2, -0.15) is 0 Å². The Bertz CT molecular complexity index is 367. The predicted octanol–water partition coefficient (Wildman–Crippen LogP) is 3.04. The number of benzene rings is 1. The van der Waals surface area contributed by atoms with E-state index < -0.39 is 0 Å². The third kappa shape index (κ3) is 2.81. The molecule has 1 rings (SSSR count). The van der Waals surface area contributed by atoms with Gasteiger partial charge in [-0.05, 0) is 24.6 Å². The average Bonchev–Trinajstić information content (AvgIpc) is 2.16. The number of aryl methyl sites for hydroxylation is 1. The van der Waals surface area contributed by atoms with Crippen molar-refractivity contribution >= 4 is 5.69 Å². The summed E-state index contributed by atoms with van der Waals surface area (Å²) in [5.74, 6) is 6.80. The minimum absolute atomic E-state index is 0.424. The Morgan fingerprint density at radius 3 is 2.57 bits per heavy atom. The fourth-order valence-electron chi connectivity index (χ4n) is 1.13. The maximum atomic E-state index is 3.20. The van der Waals surface area contributed by atoms with E-state index in [-0.39, 0.29) is 0 Å². The van der Waals surface area contributed by atoms with Crippen LogP contribution in [0.3, 0.4) is 0 Å². The molecule has 0 atom stereocenters. The maximum absolute atomic E-state index is 3.20. The molecule has 0 saturated carbocycles. The summed E-state index contributed by atoms with van der Waals surface area (Å²) in [6.45, 7) is 6.29. The summed E-state index contributed by atoms with van der Waals surface area (Å²) >= 11 is 0. The molecule has 0 aliphatic carbocycles. The van der Waals surface area contributed by atoms with E-state index in [4.69, 9.17) is 0 Å². The van der Waals surface area contributed by atoms with Crippen molar-refractivity contribution in [3.63, 3.8) is 0 Å². The normalized spacial score (nSPS) is 9.50. The van der Waals surface area contributed by atoms with Crippen LogP contribution in [0.2, 0.25) is 0 Å². The molecule has 1 heteroatoms. The molecule has 14 heavy (non-hydrogen) atoms. The zero-order chi connectivity index (χ0) is 10.6. The molecule has 0 fully saturated rings. The minimum Gasteiger partial charge on any atom is -0.388 e. The van der Waals surface area contributed by atoms with E-state index in [9.17, 15) is 0 Å². The Morgan fingerprint density at radius 2 is 2.00 bits per heavy atom. The molecule has 1 N–H and O–H groups in total. The van der Waals surface area contributed by atoms with Gasteiger partial charge in [0.1, 0.15) is 0 Å². The quantitative estimate of drug-likeness (QED) is 0.666. The summed E-state index contributed by atoms with van der Waals surface area (Å²) in [7, 11) is 1.92. The number of nitrogens with one attached hydrogen (secondary N) is 1. The highest BCUT2D eigenvalue weighted by Crippen LogP contribution is 2.13. The molecule has 1 aromatic rings. The fraction of sp³-hybridized carbons (Fsp3) is 0.385. The summed E-state index contributed by atoms with van der Waals surface area (Å²) in [4.78, 5) is 0. The molecule has 0 bridgehead atoms. The smallest absolute Gasteiger partial charge is 0.0350 e. The fourth-order valence-corrected chi connectivity index (χ4v) is 1.13. The first-order valence-corrected chi connectivity index (χ1v) is 4.93. The van der Waals surface area contributed by atoms with Crippen molar-refractivity contribution in [1.29, 1.82) is 0 Å². The molecule has 1 aromatic carbocycles. The Balaban J connectivity index is 3.02. The van der Waals surface area contributed by atoms with E-state index in [2.05, 4.69) is 56.1 Å². The van der Waals surface area contributed by atoms with E-state index in [0.29, 0.717) is 5.92 Å². The predicted molar refractivity (Wildman–Crippen MR) is 62.4 cm³/mol. The highest BCUT2D eigenvalue weighted by Gasteiger charge is 1.95. The molecule has 0 radical (unpaired) electrons. The average molecular weight is 187 g/mol. The first-order chi connectivity index (χ1) is 6.63. The van der Waals surface area contributed by atoms with Crippen LogP contribution in [0.5, 0.6) is 0 Å². The summed E-state index contributed by atoms with van der Waals surface area (Å²) in [5.41, 5.74) is 3.46. The lowest BCUT2D eigenvalue weighted by molar-refractivity contribution is 0.866. The third-order valence-corrected chi connectivity index (χ3v) is 2.02. The van der Waals surface area contributed by atoms with E-state index in [1.807, 2.05) is 7.05 Å². The highest BCUT2D eigenvalue weighted by atomic mass is 14.8. The van der Waals surface area contributed by atoms with Crippen molar-refractivity contribution in [3.8, 4) is 11.8 Å². The number of rotatable bonds is 1. The van der Waals surface area contributed by atoms with E-state index in [1.54, 1.807) is 0 Å². The summed E-state index contributed by atoms with van der Waals surface area (Å²) < 4.78 is 0. The second-order valence-electron chi connectivity index (χ2n) is 3.70. The molecular formula is C13H17N. The van der Waals surface area contributed by atoms with Gasteiger partial charge in [0.25, 0.3) is 0 Å². The van der Waals surface area contributed by atoms with Gasteiger partial charge in [0.05, 0.1) is 0 Å². The summed E-state index contributed by atoms with van der Waals surface area (Å²) in [6.07, 6.45) is 0. The Morgan fingerprint density at radius 1 is 1.29 bits per heavy atom. The van der Waals surface area contributed by atoms with Crippen molar-refractivity contribution < 1.29 is 0 Å². The standard InChI is InChI=1S/C13H17N/c1-10(2)5-7-12-9-13(14-4)8-6-11(12)3/h6,8-10,14H,1-4H3. The van der Waals surface area contributed by atoms with Crippen LogP contribution in [0.15, 0.2) is 18.2 Å². The topological polar surface area (TPSA) is 12.0 Å². The zero-order valence-electron chi connectivity index (χ0n) is 9.31. The minimum atomic E-state index is 0.424. The van der Waals surface area contributed by atoms with Crippen LogP contribution in [-0.2, 0) is 0 Å². The Labute approximate surface area is 86.5 Å². The van der Waals surface area contributed by atoms with Crippen LogP contribution < -0.4 is 5.32 Å². The van der Waals surface area contributed by atoms with Crippen LogP contribution in [0.4, 0.5) is 5.69 Å². The number of anilines is 1. The first-order valence-electron chi connectivity index (χ1n) is 4.93. The van der Waals surface area contributed by atoms with Crippen molar-refractivity contribution in [3.05, 3.63) is 29.3 Å². The van der Waals surface area contributed by atoms with Crippen molar-refractivity contribution in [1.82, 2.24) is 0 Å². The molecule has 0 saturated heterocycles. The van der Waals surface area contributed by atoms with Gasteiger partial charge in [0.2, 0.25) is 0 Å². The largest absolute Gasteiger partial charge is 0.388 e. The molecule has 74 valence electrons. The molecule has 1 nitrogen and oxygen atoms in total. The van der Waals surface area contributed by atoms with Gasteiger partial charge in [0, 0.05) is 24.2 Å². The number of hydrogen-bond acceptors (Lipinski definition) is 1. The second-order valence-corrected chi connectivity index (χ2v) is 3.70. The molecule has 0 aliphatic rings. The van der Waals surface area contributed by atoms with Crippen LogP contribution in [0, 0.1) is 24.7 Å². The van der Waals surface area contributed by atoms with Gasteiger partial charge >= 0.3 is 0 Å². The molecule has 0 unspecified atom stereocenters. The second kappa shape index (κ2) is 4.72. The van der Waals surface area contributed by atoms with Gasteiger partial charge < -0.3 is 5.32 Å². The molecular weight excluding hydrogens is 170 g/mol. The van der Waals surface area contributed by atoms with Gasteiger partial charge in [-0.25, -0.2) is 0 Å². The lowest BCUT2D eigenvalue weighted by Gasteiger charge is -2.03. The molecule has 0 aromatic heterocycles. The zero-order valence-corrected chi connectivity index (χ0v) is 9.31. The van der Waals surface area contributed by atoms with Crippen LogP contribution in [0.25, 0.3) is 0 Å². The van der Waals surface area contributed by atoms with E-state index in [0.717, 1.165) is 11.3 Å². The van der Waals surface area contributed by atoms with Crippen LogP contribution in [-0.4, -0.2) is 7.05 Å². The highest BCUT2D eigenvalue weighted by molar-refractivity contribution is 5.53. The maximum Gasteiger partial charge on any atom is 0.0350 e. The lowest BCUT2D eigenvalue weighted by Crippen LogP contribution is -1.90. The third-order valence-electron chi connectivity index (χ3n) is 2.02. The summed E-state index contributed by atoms with van der Waals surface area (Å²) in [5, 5.41) is 3.11. The lowest BCUT2D eigenvalue weighted by atomic mass is 10.1. The van der Waals surface area contributed by atoms with Crippen LogP contribution >= 0.6 is 0 Å². The van der Waals surface area contributed by atoms with Gasteiger partial charge in [-0.3, -0.25) is 0 Å². The summed E-state index contributed by atoms with van der Waals surface area (Å²) in [6, 6.07) is 6.25. The number of hydrogen-bond donors (Lipinski definition) is 1. The van der Waals surface area contributed by atoms with Crippen LogP contribution in [0.1, 0.15) is 25.0 Å². The van der Waals surface area contributed by atoms with Crippen molar-refractivity contribution in [2.24, 2.45) is 5.92 Å². The molecule has 0 aliphatic heterocycles. The van der Waals surface area contributed by atoms with Crippen molar-refractivity contribution in [2.75, 3.05) is 12.4 Å².